The number of hydrogen-bond donors (Lipinski definition) is 0. The fourth-order valence-corrected chi connectivity index (χ4v) is 3.26. The number of hydrogen-bond acceptors (Lipinski definition) is 6. The van der Waals surface area contributed by atoms with Crippen LogP contribution in [0, 0.1) is 16.0 Å². The summed E-state index contributed by atoms with van der Waals surface area (Å²) >= 11 is 0. The molecule has 1 rings (SSSR count). The van der Waals surface area contributed by atoms with Crippen LogP contribution in [-0.2, 0) is 19.6 Å². The predicted octanol–water partition coefficient (Wildman–Crippen LogP) is 3.14. The zero-order chi connectivity index (χ0) is 23.1. The molecule has 0 heterocycles. The van der Waals surface area contributed by atoms with E-state index in [1.807, 2.05) is 6.92 Å². The number of carbonyl (C=O) groups is 1. The van der Waals surface area contributed by atoms with Crippen LogP contribution in [0.5, 0.6) is 0 Å². The molecule has 0 aliphatic rings. The van der Waals surface area contributed by atoms with Gasteiger partial charge in [0, 0.05) is 23.2 Å². The number of nitro groups is 1. The quantitative estimate of drug-likeness (QED) is 0.185. The van der Waals surface area contributed by atoms with Crippen molar-refractivity contribution in [1.29, 1.82) is 0 Å². The SMILES string of the molecule is [2H]C([2H])([2H])N(CC(=O)O[C@H](C)[C@@H](C)CCCC=C)S(=O)(=O)c1ccc([N+](=O)[O-])cc1. The van der Waals surface area contributed by atoms with Gasteiger partial charge in [0.15, 0.2) is 0 Å². The van der Waals surface area contributed by atoms with Crippen molar-refractivity contribution in [1.82, 2.24) is 4.31 Å². The Bertz CT molecular complexity index is 856. The van der Waals surface area contributed by atoms with E-state index in [0.29, 0.717) is 0 Å². The van der Waals surface area contributed by atoms with Gasteiger partial charge in [0.1, 0.15) is 12.6 Å². The highest BCUT2D eigenvalue weighted by Gasteiger charge is 2.25. The van der Waals surface area contributed by atoms with Crippen LogP contribution in [0.25, 0.3) is 0 Å². The van der Waals surface area contributed by atoms with E-state index in [-0.39, 0.29) is 15.9 Å². The molecule has 0 bridgehead atoms. The molecular formula is C18H26N2O6S. The van der Waals surface area contributed by atoms with Crippen molar-refractivity contribution in [2.75, 3.05) is 13.5 Å². The second kappa shape index (κ2) is 10.2. The van der Waals surface area contributed by atoms with Crippen molar-refractivity contribution in [3.05, 3.63) is 47.0 Å². The summed E-state index contributed by atoms with van der Waals surface area (Å²) in [6.45, 7) is 2.99. The molecule has 0 amide bonds. The van der Waals surface area contributed by atoms with Gasteiger partial charge in [-0.05, 0) is 44.2 Å². The second-order valence-electron chi connectivity index (χ2n) is 6.15. The van der Waals surface area contributed by atoms with Crippen LogP contribution in [0.3, 0.4) is 0 Å². The molecule has 0 unspecified atom stereocenters. The van der Waals surface area contributed by atoms with E-state index in [2.05, 4.69) is 6.58 Å². The molecule has 27 heavy (non-hydrogen) atoms. The first-order valence-corrected chi connectivity index (χ1v) is 9.82. The molecule has 0 saturated heterocycles. The minimum atomic E-state index is -4.63. The smallest absolute Gasteiger partial charge is 0.321 e. The summed E-state index contributed by atoms with van der Waals surface area (Å²) in [7, 11) is -4.63. The Morgan fingerprint density at radius 2 is 2.04 bits per heavy atom. The Morgan fingerprint density at radius 3 is 2.56 bits per heavy atom. The lowest BCUT2D eigenvalue weighted by molar-refractivity contribution is -0.384. The molecule has 0 aromatic heterocycles. The molecule has 9 heteroatoms. The number of carbonyl (C=O) groups excluding carboxylic acids is 1. The summed E-state index contributed by atoms with van der Waals surface area (Å²) in [5.74, 6) is -1.01. The molecule has 0 aliphatic carbocycles. The molecule has 0 aliphatic heterocycles. The third-order valence-electron chi connectivity index (χ3n) is 4.09. The second-order valence-corrected chi connectivity index (χ2v) is 8.02. The maximum Gasteiger partial charge on any atom is 0.321 e. The summed E-state index contributed by atoms with van der Waals surface area (Å²) in [6.07, 6.45) is 3.65. The molecule has 8 nitrogen and oxygen atoms in total. The van der Waals surface area contributed by atoms with Crippen molar-refractivity contribution in [3.63, 3.8) is 0 Å². The molecule has 2 atom stereocenters. The number of nitrogens with zero attached hydrogens (tertiary/aromatic N) is 2. The average Bonchev–Trinajstić information content (AvgIpc) is 2.65. The zero-order valence-electron chi connectivity index (χ0n) is 18.3. The molecule has 150 valence electrons. The van der Waals surface area contributed by atoms with Crippen LogP contribution in [0.2, 0.25) is 0 Å². The molecule has 0 fully saturated rings. The van der Waals surface area contributed by atoms with Gasteiger partial charge < -0.3 is 4.74 Å². The standard InChI is InChI=1S/C18H26N2O6S/c1-5-6-7-8-14(2)15(3)26-18(21)13-19(4)27(24,25)17-11-9-16(10-12-17)20(22)23/h5,9-12,14-15H,1,6-8,13H2,2-4H3/t14-,15+/m0/s1/i4D3. The Hall–Kier alpha value is -2.26. The van der Waals surface area contributed by atoms with Crippen LogP contribution in [0.4, 0.5) is 5.69 Å². The minimum Gasteiger partial charge on any atom is -0.461 e. The van der Waals surface area contributed by atoms with Gasteiger partial charge in [-0.2, -0.15) is 4.31 Å². The van der Waals surface area contributed by atoms with E-state index in [1.165, 1.54) is 0 Å². The number of likely N-dealkylation sites (N-methyl/N-ethyl adjacent to an activating group) is 1. The van der Waals surface area contributed by atoms with Crippen molar-refractivity contribution in [3.8, 4) is 0 Å². The highest BCUT2D eigenvalue weighted by molar-refractivity contribution is 7.89. The molecule has 1 aromatic carbocycles. The van der Waals surface area contributed by atoms with Gasteiger partial charge in [-0.3, -0.25) is 14.9 Å². The van der Waals surface area contributed by atoms with E-state index in [0.717, 1.165) is 43.5 Å². The maximum absolute atomic E-state index is 12.8. The van der Waals surface area contributed by atoms with Gasteiger partial charge >= 0.3 is 5.97 Å². The first kappa shape index (κ1) is 18.1. The number of ether oxygens (including phenoxy) is 1. The van der Waals surface area contributed by atoms with E-state index >= 15 is 0 Å². The van der Waals surface area contributed by atoms with Crippen LogP contribution in [-0.4, -0.2) is 43.2 Å². The molecule has 1 aromatic rings. The van der Waals surface area contributed by atoms with Gasteiger partial charge in [-0.25, -0.2) is 8.42 Å². The van der Waals surface area contributed by atoms with Gasteiger partial charge in [0.25, 0.3) is 5.69 Å². The van der Waals surface area contributed by atoms with Crippen LogP contribution in [0.1, 0.15) is 37.2 Å². The molecular weight excluding hydrogens is 372 g/mol. The summed E-state index contributed by atoms with van der Waals surface area (Å²) < 4.78 is 53.4. The molecule has 0 saturated carbocycles. The van der Waals surface area contributed by atoms with E-state index in [4.69, 9.17) is 8.85 Å². The largest absolute Gasteiger partial charge is 0.461 e. The van der Waals surface area contributed by atoms with Crippen molar-refractivity contribution >= 4 is 21.7 Å². The van der Waals surface area contributed by atoms with E-state index in [1.54, 1.807) is 13.0 Å². The summed E-state index contributed by atoms with van der Waals surface area (Å²) in [5.41, 5.74) is -0.354. The van der Waals surface area contributed by atoms with Crippen molar-refractivity contribution in [2.24, 2.45) is 5.92 Å². The molecule has 0 N–H and O–H groups in total. The van der Waals surface area contributed by atoms with Crippen LogP contribution < -0.4 is 0 Å². The maximum atomic E-state index is 12.8. The molecule has 0 radical (unpaired) electrons. The number of sulfonamides is 1. The predicted molar refractivity (Wildman–Crippen MR) is 102 cm³/mol. The number of esters is 1. The monoisotopic (exact) mass is 401 g/mol. The fraction of sp³-hybridized carbons (Fsp3) is 0.500. The first-order chi connectivity index (χ1) is 13.8. The van der Waals surface area contributed by atoms with E-state index < -0.39 is 45.4 Å². The highest BCUT2D eigenvalue weighted by atomic mass is 32.2. The number of non-ortho nitro benzene ring substituents is 1. The number of rotatable bonds is 11. The first-order valence-electron chi connectivity index (χ1n) is 9.88. The van der Waals surface area contributed by atoms with Crippen LogP contribution >= 0.6 is 0 Å². The topological polar surface area (TPSA) is 107 Å². The Labute approximate surface area is 164 Å². The summed E-state index contributed by atoms with van der Waals surface area (Å²) in [5, 5.41) is 10.7. The minimum absolute atomic E-state index is 0.0126. The third kappa shape index (κ3) is 6.76. The zero-order valence-corrected chi connectivity index (χ0v) is 16.1. The summed E-state index contributed by atoms with van der Waals surface area (Å²) in [4.78, 5) is 21.8. The lowest BCUT2D eigenvalue weighted by Crippen LogP contribution is -2.35. The number of nitro benzene ring substituents is 1. The van der Waals surface area contributed by atoms with Gasteiger partial charge in [-0.1, -0.05) is 13.0 Å². The highest BCUT2D eigenvalue weighted by Crippen LogP contribution is 2.19. The normalized spacial score (nSPS) is 15.9. The number of benzene rings is 1. The Kier molecular flexibility index (Phi) is 6.83. The lowest BCUT2D eigenvalue weighted by Gasteiger charge is -2.22. The van der Waals surface area contributed by atoms with Gasteiger partial charge in [0.2, 0.25) is 10.0 Å². The average molecular weight is 401 g/mol. The van der Waals surface area contributed by atoms with Crippen LogP contribution in [0.15, 0.2) is 41.8 Å². The lowest BCUT2D eigenvalue weighted by atomic mass is 9.99. The number of unbranched alkanes of at least 4 members (excludes halogenated alkanes) is 1. The fourth-order valence-electron chi connectivity index (χ4n) is 2.25. The van der Waals surface area contributed by atoms with E-state index in [9.17, 15) is 23.3 Å². The Morgan fingerprint density at radius 1 is 1.41 bits per heavy atom. The van der Waals surface area contributed by atoms with Crippen molar-refractivity contribution in [2.45, 2.75) is 44.1 Å². The Balaban J connectivity index is 2.97. The number of allylic oxidation sites excluding steroid dienone is 1. The van der Waals surface area contributed by atoms with Gasteiger partial charge in [0.05, 0.1) is 9.82 Å². The summed E-state index contributed by atoms with van der Waals surface area (Å²) in [6, 6.07) is 3.72. The molecule has 0 spiro atoms. The van der Waals surface area contributed by atoms with Gasteiger partial charge in [-0.15, -0.1) is 6.58 Å². The third-order valence-corrected chi connectivity index (χ3v) is 5.67. The van der Waals surface area contributed by atoms with Crippen molar-refractivity contribution < 1.29 is 27.0 Å².